The number of aromatic nitrogens is 3. The number of aryl methyl sites for hydroxylation is 1. The Morgan fingerprint density at radius 2 is 2.11 bits per heavy atom. The normalized spacial score (nSPS) is 10.7. The lowest BCUT2D eigenvalue weighted by molar-refractivity contribution is -0.137. The van der Waals surface area contributed by atoms with Gasteiger partial charge in [0.15, 0.2) is 0 Å². The smallest absolute Gasteiger partial charge is 0.303 e. The Kier molecular flexibility index (Phi) is 5.98. The van der Waals surface area contributed by atoms with E-state index >= 15 is 0 Å². The molecule has 7 heteroatoms. The summed E-state index contributed by atoms with van der Waals surface area (Å²) in [6.07, 6.45) is 3.73. The van der Waals surface area contributed by atoms with Crippen LogP contribution in [0.15, 0.2) is 6.20 Å². The number of nitrogens with zero attached hydrogens (tertiary/aromatic N) is 3. The number of carbonyl (C=O) groups excluding carboxylic acids is 1. The van der Waals surface area contributed by atoms with E-state index in [9.17, 15) is 9.59 Å². The molecular formula is C12H20N4O3. The van der Waals surface area contributed by atoms with Crippen molar-refractivity contribution in [1.82, 2.24) is 20.3 Å². The molecule has 0 unspecified atom stereocenters. The highest BCUT2D eigenvalue weighted by Gasteiger charge is 2.10. The Labute approximate surface area is 112 Å². The summed E-state index contributed by atoms with van der Waals surface area (Å²) in [5, 5.41) is 19.1. The van der Waals surface area contributed by atoms with Crippen molar-refractivity contribution in [3.05, 3.63) is 11.9 Å². The van der Waals surface area contributed by atoms with Gasteiger partial charge in [-0.1, -0.05) is 19.1 Å². The summed E-state index contributed by atoms with van der Waals surface area (Å²) in [6, 6.07) is 0.183. The molecule has 0 spiro atoms. The first-order valence-corrected chi connectivity index (χ1v) is 6.45. The number of nitrogens with one attached hydrogen (secondary N) is 1. The number of amides is 1. The molecule has 0 saturated heterocycles. The first kappa shape index (κ1) is 15.1. The average Bonchev–Trinajstić information content (AvgIpc) is 2.81. The minimum absolute atomic E-state index is 0.0125. The average molecular weight is 268 g/mol. The lowest BCUT2D eigenvalue weighted by Gasteiger charge is -2.14. The third-order valence-corrected chi connectivity index (χ3v) is 2.84. The van der Waals surface area contributed by atoms with Gasteiger partial charge in [-0.3, -0.25) is 9.59 Å². The SMILES string of the molecule is CCC(CC)NC(=O)Cn1cc(CCC(=O)O)nn1. The molecule has 106 valence electrons. The molecule has 0 bridgehead atoms. The van der Waals surface area contributed by atoms with Gasteiger partial charge in [-0.05, 0) is 12.8 Å². The molecule has 0 aliphatic carbocycles. The summed E-state index contributed by atoms with van der Waals surface area (Å²) < 4.78 is 1.43. The zero-order chi connectivity index (χ0) is 14.3. The Morgan fingerprint density at radius 3 is 2.68 bits per heavy atom. The first-order valence-electron chi connectivity index (χ1n) is 6.45. The summed E-state index contributed by atoms with van der Waals surface area (Å²) in [6.45, 7) is 4.15. The fourth-order valence-corrected chi connectivity index (χ4v) is 1.68. The number of aliphatic carboxylic acids is 1. The molecule has 0 aliphatic rings. The van der Waals surface area contributed by atoms with Crippen molar-refractivity contribution in [3.63, 3.8) is 0 Å². The molecule has 19 heavy (non-hydrogen) atoms. The van der Waals surface area contributed by atoms with E-state index in [1.165, 1.54) is 4.68 Å². The maximum absolute atomic E-state index is 11.7. The van der Waals surface area contributed by atoms with Gasteiger partial charge < -0.3 is 10.4 Å². The maximum Gasteiger partial charge on any atom is 0.303 e. The van der Waals surface area contributed by atoms with E-state index in [-0.39, 0.29) is 24.9 Å². The largest absolute Gasteiger partial charge is 0.481 e. The third kappa shape index (κ3) is 5.50. The number of rotatable bonds is 8. The van der Waals surface area contributed by atoms with Gasteiger partial charge in [-0.15, -0.1) is 5.10 Å². The molecule has 0 saturated carbocycles. The molecule has 1 aromatic rings. The van der Waals surface area contributed by atoms with Crippen LogP contribution in [-0.4, -0.2) is 38.0 Å². The lowest BCUT2D eigenvalue weighted by Crippen LogP contribution is -2.36. The van der Waals surface area contributed by atoms with Crippen molar-refractivity contribution in [2.24, 2.45) is 0 Å². The van der Waals surface area contributed by atoms with Crippen molar-refractivity contribution in [2.75, 3.05) is 0 Å². The highest BCUT2D eigenvalue weighted by Crippen LogP contribution is 1.99. The van der Waals surface area contributed by atoms with E-state index < -0.39 is 5.97 Å². The van der Waals surface area contributed by atoms with Gasteiger partial charge in [0.2, 0.25) is 5.91 Å². The predicted octanol–water partition coefficient (Wildman–Crippen LogP) is 0.600. The standard InChI is InChI=1S/C12H20N4O3/c1-3-9(4-2)13-11(17)8-16-7-10(14-15-16)5-6-12(18)19/h7,9H,3-6,8H2,1-2H3,(H,13,17)(H,18,19). The van der Waals surface area contributed by atoms with Gasteiger partial charge in [0.1, 0.15) is 6.54 Å². The van der Waals surface area contributed by atoms with E-state index in [4.69, 9.17) is 5.11 Å². The monoisotopic (exact) mass is 268 g/mol. The van der Waals surface area contributed by atoms with Crippen LogP contribution in [0.1, 0.15) is 38.8 Å². The summed E-state index contributed by atoms with van der Waals surface area (Å²) in [4.78, 5) is 22.1. The molecule has 1 heterocycles. The van der Waals surface area contributed by atoms with E-state index in [0.29, 0.717) is 12.1 Å². The molecule has 0 aliphatic heterocycles. The molecule has 2 N–H and O–H groups in total. The second-order valence-corrected chi connectivity index (χ2v) is 4.38. The number of hydrogen-bond donors (Lipinski definition) is 2. The molecule has 0 fully saturated rings. The van der Waals surface area contributed by atoms with Crippen molar-refractivity contribution < 1.29 is 14.7 Å². The summed E-state index contributed by atoms with van der Waals surface area (Å²) in [7, 11) is 0. The van der Waals surface area contributed by atoms with Gasteiger partial charge in [0, 0.05) is 18.7 Å². The van der Waals surface area contributed by atoms with Crippen LogP contribution in [0.5, 0.6) is 0 Å². The van der Waals surface area contributed by atoms with Gasteiger partial charge in [0.05, 0.1) is 12.1 Å². The van der Waals surface area contributed by atoms with Crippen molar-refractivity contribution in [3.8, 4) is 0 Å². The molecule has 1 aromatic heterocycles. The first-order chi connectivity index (χ1) is 9.05. The fraction of sp³-hybridized carbons (Fsp3) is 0.667. The van der Waals surface area contributed by atoms with Gasteiger partial charge in [-0.25, -0.2) is 4.68 Å². The second-order valence-electron chi connectivity index (χ2n) is 4.38. The van der Waals surface area contributed by atoms with Crippen LogP contribution in [0, 0.1) is 0 Å². The third-order valence-electron chi connectivity index (χ3n) is 2.84. The van der Waals surface area contributed by atoms with Crippen molar-refractivity contribution in [1.29, 1.82) is 0 Å². The Balaban J connectivity index is 2.44. The molecule has 0 radical (unpaired) electrons. The highest BCUT2D eigenvalue weighted by atomic mass is 16.4. The van der Waals surface area contributed by atoms with Gasteiger partial charge in [-0.2, -0.15) is 0 Å². The molecular weight excluding hydrogens is 248 g/mol. The number of carbonyl (C=O) groups is 2. The van der Waals surface area contributed by atoms with E-state index in [2.05, 4.69) is 15.6 Å². The number of carboxylic acid groups (broad SMARTS) is 1. The highest BCUT2D eigenvalue weighted by molar-refractivity contribution is 5.75. The number of carboxylic acids is 1. The fourth-order valence-electron chi connectivity index (χ4n) is 1.68. The minimum atomic E-state index is -0.874. The number of hydrogen-bond acceptors (Lipinski definition) is 4. The Morgan fingerprint density at radius 1 is 1.42 bits per heavy atom. The summed E-state index contributed by atoms with van der Waals surface area (Å²) in [5.41, 5.74) is 0.581. The van der Waals surface area contributed by atoms with Gasteiger partial charge in [0.25, 0.3) is 0 Å². The molecule has 7 nitrogen and oxygen atoms in total. The van der Waals surface area contributed by atoms with E-state index in [1.54, 1.807) is 6.20 Å². The predicted molar refractivity (Wildman–Crippen MR) is 68.5 cm³/mol. The van der Waals surface area contributed by atoms with E-state index in [1.807, 2.05) is 13.8 Å². The van der Waals surface area contributed by atoms with Crippen LogP contribution in [0.25, 0.3) is 0 Å². The lowest BCUT2D eigenvalue weighted by atomic mass is 10.2. The molecule has 0 atom stereocenters. The maximum atomic E-state index is 11.7. The molecule has 1 amide bonds. The molecule has 1 rings (SSSR count). The Hall–Kier alpha value is -1.92. The van der Waals surface area contributed by atoms with Crippen molar-refractivity contribution in [2.45, 2.75) is 52.1 Å². The van der Waals surface area contributed by atoms with Gasteiger partial charge >= 0.3 is 5.97 Å². The summed E-state index contributed by atoms with van der Waals surface area (Å²) in [5.74, 6) is -0.982. The van der Waals surface area contributed by atoms with Crippen molar-refractivity contribution >= 4 is 11.9 Å². The zero-order valence-corrected chi connectivity index (χ0v) is 11.3. The van der Waals surface area contributed by atoms with E-state index in [0.717, 1.165) is 12.8 Å². The van der Waals surface area contributed by atoms with Crippen LogP contribution in [0.3, 0.4) is 0 Å². The van der Waals surface area contributed by atoms with Crippen LogP contribution < -0.4 is 5.32 Å². The minimum Gasteiger partial charge on any atom is -0.481 e. The van der Waals surface area contributed by atoms with Crippen LogP contribution in [-0.2, 0) is 22.6 Å². The Bertz CT molecular complexity index is 426. The van der Waals surface area contributed by atoms with Crippen LogP contribution in [0.4, 0.5) is 0 Å². The zero-order valence-electron chi connectivity index (χ0n) is 11.3. The van der Waals surface area contributed by atoms with Crippen LogP contribution in [0.2, 0.25) is 0 Å². The summed E-state index contributed by atoms with van der Waals surface area (Å²) >= 11 is 0. The second kappa shape index (κ2) is 7.50. The van der Waals surface area contributed by atoms with Crippen LogP contribution >= 0.6 is 0 Å². The topological polar surface area (TPSA) is 97.1 Å². The molecule has 0 aromatic carbocycles. The quantitative estimate of drug-likeness (QED) is 0.719.